The quantitative estimate of drug-likeness (QED) is 0.449. The van der Waals surface area contributed by atoms with Gasteiger partial charge in [0.25, 0.3) is 0 Å². The third-order valence-electron chi connectivity index (χ3n) is 8.92. The fourth-order valence-electron chi connectivity index (χ4n) is 7.05. The largest absolute Gasteiger partial charge is 0.366 e. The van der Waals surface area contributed by atoms with Crippen LogP contribution in [0.25, 0.3) is 0 Å². The fraction of sp³-hybridized carbons (Fsp3) is 0.300. The number of hydrogen-bond acceptors (Lipinski definition) is 4. The molecule has 1 spiro atoms. The first-order valence-electron chi connectivity index (χ1n) is 13.2. The maximum absolute atomic E-state index is 15.9. The Bertz CT molecular complexity index is 1590. The van der Waals surface area contributed by atoms with Crippen LogP contribution >= 0.6 is 23.2 Å². The number of benzene rings is 3. The first kappa shape index (κ1) is 25.5. The van der Waals surface area contributed by atoms with E-state index in [9.17, 15) is 14.4 Å². The molecule has 0 bridgehead atoms. The van der Waals surface area contributed by atoms with E-state index in [0.29, 0.717) is 46.5 Å². The van der Waals surface area contributed by atoms with Gasteiger partial charge in [-0.3, -0.25) is 19.3 Å². The van der Waals surface area contributed by atoms with Crippen LogP contribution in [0, 0.1) is 17.7 Å². The standard InChI is InChI=1S/C30H25Cl2FN4O3/c31-17-8-11-20-22(12-17)35-29(40)30(20)25(19-2-1-3-21(32)26(19)33)24-23(37(30)13-15-4-5-15)14-36(28(24)39)18-9-6-16(7-10-18)27(34)38/h1-3,6-12,15,23-25H,4-5,13-14H2,(H2,34,38)(H,35,40)/t23-,24+,25-,30+/m0/s1. The Morgan fingerprint density at radius 1 is 1.07 bits per heavy atom. The first-order chi connectivity index (χ1) is 19.2. The third kappa shape index (κ3) is 3.56. The number of fused-ring (bicyclic) bond motifs is 3. The van der Waals surface area contributed by atoms with Gasteiger partial charge < -0.3 is 16.0 Å². The third-order valence-corrected chi connectivity index (χ3v) is 9.44. The van der Waals surface area contributed by atoms with Crippen LogP contribution in [-0.2, 0) is 15.1 Å². The van der Waals surface area contributed by atoms with Gasteiger partial charge in [-0.15, -0.1) is 0 Å². The predicted molar refractivity (Wildman–Crippen MR) is 150 cm³/mol. The Labute approximate surface area is 240 Å². The monoisotopic (exact) mass is 578 g/mol. The molecule has 0 radical (unpaired) electrons. The zero-order chi connectivity index (χ0) is 27.9. The number of carbonyl (C=O) groups excluding carboxylic acids is 3. The van der Waals surface area contributed by atoms with E-state index in [1.807, 2.05) is 6.07 Å². The number of carbonyl (C=O) groups is 3. The molecule has 3 aromatic carbocycles. The van der Waals surface area contributed by atoms with Crippen LogP contribution in [0.1, 0.15) is 40.2 Å². The molecule has 3 aliphatic heterocycles. The topological polar surface area (TPSA) is 95.7 Å². The number of nitrogens with zero attached hydrogens (tertiary/aromatic N) is 2. The molecule has 3 fully saturated rings. The van der Waals surface area contributed by atoms with Crippen LogP contribution in [0.3, 0.4) is 0 Å². The van der Waals surface area contributed by atoms with E-state index in [1.54, 1.807) is 53.4 Å². The summed E-state index contributed by atoms with van der Waals surface area (Å²) in [7, 11) is 0. The number of hydrogen-bond donors (Lipinski definition) is 2. The average molecular weight is 579 g/mol. The van der Waals surface area contributed by atoms with Gasteiger partial charge in [0.2, 0.25) is 17.7 Å². The number of likely N-dealkylation sites (tertiary alicyclic amines) is 1. The van der Waals surface area contributed by atoms with E-state index in [1.165, 1.54) is 6.07 Å². The van der Waals surface area contributed by atoms with Crippen molar-refractivity contribution in [3.05, 3.63) is 93.2 Å². The van der Waals surface area contributed by atoms with Crippen LogP contribution < -0.4 is 16.0 Å². The molecule has 1 aliphatic carbocycles. The molecule has 0 unspecified atom stereocenters. The molecule has 2 saturated heterocycles. The molecular formula is C30H25Cl2FN4O3. The van der Waals surface area contributed by atoms with E-state index >= 15 is 4.39 Å². The highest BCUT2D eigenvalue weighted by molar-refractivity contribution is 6.31. The summed E-state index contributed by atoms with van der Waals surface area (Å²) in [5.41, 5.74) is 6.52. The van der Waals surface area contributed by atoms with Crippen molar-refractivity contribution in [2.24, 2.45) is 17.6 Å². The van der Waals surface area contributed by atoms with Gasteiger partial charge in [0.05, 0.1) is 10.9 Å². The summed E-state index contributed by atoms with van der Waals surface area (Å²) in [6.45, 7) is 0.903. The molecule has 3 N–H and O–H groups in total. The Kier molecular flexibility index (Phi) is 5.75. The van der Waals surface area contributed by atoms with E-state index in [-0.39, 0.29) is 28.4 Å². The summed E-state index contributed by atoms with van der Waals surface area (Å²) >= 11 is 12.6. The highest BCUT2D eigenvalue weighted by Crippen LogP contribution is 2.62. The molecular weight excluding hydrogens is 554 g/mol. The first-order valence-corrected chi connectivity index (χ1v) is 14.0. The van der Waals surface area contributed by atoms with Gasteiger partial charge in [0.15, 0.2) is 0 Å². The molecule has 4 aliphatic rings. The molecule has 3 amide bonds. The highest BCUT2D eigenvalue weighted by Gasteiger charge is 2.71. The SMILES string of the molecule is NC(=O)c1ccc(N2C[C@H]3[C@@H](C2=O)[C@H](c2cccc(Cl)c2F)[C@]2(C(=O)Nc4cc(Cl)ccc42)N3CC2CC2)cc1. The lowest BCUT2D eigenvalue weighted by Crippen LogP contribution is -2.54. The van der Waals surface area contributed by atoms with Crippen molar-refractivity contribution >= 4 is 52.3 Å². The second-order valence-corrected chi connectivity index (χ2v) is 11.9. The number of nitrogens with one attached hydrogen (secondary N) is 1. The summed E-state index contributed by atoms with van der Waals surface area (Å²) in [5, 5.41) is 3.41. The number of anilines is 2. The van der Waals surface area contributed by atoms with Gasteiger partial charge in [-0.1, -0.05) is 41.4 Å². The Balaban J connectivity index is 1.43. The normalized spacial score (nSPS) is 27.3. The van der Waals surface area contributed by atoms with Crippen LogP contribution in [0.5, 0.6) is 0 Å². The summed E-state index contributed by atoms with van der Waals surface area (Å²) in [5.74, 6) is -2.90. The summed E-state index contributed by atoms with van der Waals surface area (Å²) < 4.78 is 15.9. The fourth-order valence-corrected chi connectivity index (χ4v) is 7.41. The minimum absolute atomic E-state index is 0.0658. The highest BCUT2D eigenvalue weighted by atomic mass is 35.5. The molecule has 10 heteroatoms. The summed E-state index contributed by atoms with van der Waals surface area (Å²) in [6, 6.07) is 16.2. The molecule has 1 saturated carbocycles. The Morgan fingerprint density at radius 3 is 2.52 bits per heavy atom. The lowest BCUT2D eigenvalue weighted by Gasteiger charge is -2.41. The van der Waals surface area contributed by atoms with Gasteiger partial charge in [0, 0.05) is 52.6 Å². The second kappa shape index (κ2) is 9.03. The molecule has 3 heterocycles. The van der Waals surface area contributed by atoms with Crippen LogP contribution in [0.2, 0.25) is 10.0 Å². The number of primary amides is 1. The maximum atomic E-state index is 15.9. The van der Waals surface area contributed by atoms with Crippen molar-refractivity contribution in [2.45, 2.75) is 30.3 Å². The van der Waals surface area contributed by atoms with Crippen LogP contribution in [-0.4, -0.2) is 41.8 Å². The van der Waals surface area contributed by atoms with E-state index < -0.39 is 29.1 Å². The maximum Gasteiger partial charge on any atom is 0.250 e. The van der Waals surface area contributed by atoms with E-state index in [0.717, 1.165) is 12.8 Å². The summed E-state index contributed by atoms with van der Waals surface area (Å²) in [4.78, 5) is 44.0. The second-order valence-electron chi connectivity index (χ2n) is 11.1. The Morgan fingerprint density at radius 2 is 1.82 bits per heavy atom. The predicted octanol–water partition coefficient (Wildman–Crippen LogP) is 4.92. The number of rotatable bonds is 5. The van der Waals surface area contributed by atoms with Crippen LogP contribution in [0.4, 0.5) is 15.8 Å². The zero-order valence-electron chi connectivity index (χ0n) is 21.2. The molecule has 7 rings (SSSR count). The van der Waals surface area contributed by atoms with Crippen molar-refractivity contribution < 1.29 is 18.8 Å². The number of halogens is 3. The van der Waals surface area contributed by atoms with E-state index in [4.69, 9.17) is 28.9 Å². The molecule has 40 heavy (non-hydrogen) atoms. The van der Waals surface area contributed by atoms with Crippen molar-refractivity contribution in [1.82, 2.24) is 4.90 Å². The van der Waals surface area contributed by atoms with Crippen LogP contribution in [0.15, 0.2) is 60.7 Å². The van der Waals surface area contributed by atoms with Gasteiger partial charge >= 0.3 is 0 Å². The number of nitrogens with two attached hydrogens (primary N) is 1. The van der Waals surface area contributed by atoms with Gasteiger partial charge in [0.1, 0.15) is 11.4 Å². The molecule has 7 nitrogen and oxygen atoms in total. The summed E-state index contributed by atoms with van der Waals surface area (Å²) in [6.07, 6.45) is 2.06. The number of amides is 3. The average Bonchev–Trinajstić information content (AvgIpc) is 3.55. The Hall–Kier alpha value is -3.46. The molecule has 3 aromatic rings. The molecule has 204 valence electrons. The lowest BCUT2D eigenvalue weighted by atomic mass is 9.71. The van der Waals surface area contributed by atoms with E-state index in [2.05, 4.69) is 10.2 Å². The van der Waals surface area contributed by atoms with Gasteiger partial charge in [-0.25, -0.2) is 4.39 Å². The minimum atomic E-state index is -1.32. The zero-order valence-corrected chi connectivity index (χ0v) is 22.8. The van der Waals surface area contributed by atoms with Gasteiger partial charge in [-0.2, -0.15) is 0 Å². The molecule has 4 atom stereocenters. The van der Waals surface area contributed by atoms with Crippen molar-refractivity contribution in [2.75, 3.05) is 23.3 Å². The molecule has 0 aromatic heterocycles. The van der Waals surface area contributed by atoms with Crippen molar-refractivity contribution in [3.63, 3.8) is 0 Å². The van der Waals surface area contributed by atoms with Crippen molar-refractivity contribution in [3.8, 4) is 0 Å². The lowest BCUT2D eigenvalue weighted by molar-refractivity contribution is -0.128. The minimum Gasteiger partial charge on any atom is -0.366 e. The van der Waals surface area contributed by atoms with Crippen molar-refractivity contribution in [1.29, 1.82) is 0 Å². The van der Waals surface area contributed by atoms with Gasteiger partial charge in [-0.05, 0) is 66.8 Å². The smallest absolute Gasteiger partial charge is 0.250 e.